The molecule has 0 radical (unpaired) electrons. The molecule has 3 heteroatoms. The molecule has 3 nitrogen and oxygen atoms in total. The number of ether oxygens (including phenoxy) is 1. The molecule has 1 unspecified atom stereocenters. The summed E-state index contributed by atoms with van der Waals surface area (Å²) in [5.41, 5.74) is 5.66. The van der Waals surface area contributed by atoms with Crippen molar-refractivity contribution in [3.8, 4) is 11.3 Å². The van der Waals surface area contributed by atoms with Crippen LogP contribution in [0.1, 0.15) is 36.5 Å². The third kappa shape index (κ3) is 1.99. The van der Waals surface area contributed by atoms with E-state index in [1.54, 1.807) is 6.20 Å². The predicted molar refractivity (Wildman–Crippen MR) is 77.5 cm³/mol. The van der Waals surface area contributed by atoms with Crippen molar-refractivity contribution < 1.29 is 9.53 Å². The van der Waals surface area contributed by atoms with E-state index in [1.807, 2.05) is 32.0 Å². The van der Waals surface area contributed by atoms with Gasteiger partial charge in [-0.15, -0.1) is 0 Å². The number of esters is 1. The molecule has 1 aromatic heterocycles. The minimum absolute atomic E-state index is 0.170. The van der Waals surface area contributed by atoms with Gasteiger partial charge in [0.15, 0.2) is 0 Å². The van der Waals surface area contributed by atoms with Crippen molar-refractivity contribution in [1.82, 2.24) is 4.98 Å². The van der Waals surface area contributed by atoms with Crippen molar-refractivity contribution in [2.45, 2.75) is 26.2 Å². The van der Waals surface area contributed by atoms with Crippen LogP contribution < -0.4 is 0 Å². The van der Waals surface area contributed by atoms with Crippen molar-refractivity contribution in [3.63, 3.8) is 0 Å². The quantitative estimate of drug-likeness (QED) is 0.683. The maximum Gasteiger partial charge on any atom is 0.313 e. The van der Waals surface area contributed by atoms with Gasteiger partial charge in [-0.05, 0) is 36.6 Å². The van der Waals surface area contributed by atoms with E-state index in [0.29, 0.717) is 6.61 Å². The molecule has 0 aliphatic heterocycles. The predicted octanol–water partition coefficient (Wildman–Crippen LogP) is 3.32. The van der Waals surface area contributed by atoms with E-state index in [0.717, 1.165) is 23.2 Å². The minimum atomic E-state index is -0.249. The molecule has 0 amide bonds. The Morgan fingerprint density at radius 3 is 2.95 bits per heavy atom. The first-order chi connectivity index (χ1) is 9.72. The molecule has 1 aliphatic carbocycles. The topological polar surface area (TPSA) is 39.2 Å². The number of hydrogen-bond acceptors (Lipinski definition) is 3. The molecule has 20 heavy (non-hydrogen) atoms. The molecule has 3 rings (SSSR count). The van der Waals surface area contributed by atoms with Crippen LogP contribution in [-0.4, -0.2) is 17.6 Å². The lowest BCUT2D eigenvalue weighted by Gasteiger charge is -2.14. The number of carbonyl (C=O) groups is 1. The first-order valence-electron chi connectivity index (χ1n) is 6.95. The van der Waals surface area contributed by atoms with E-state index in [9.17, 15) is 4.79 Å². The van der Waals surface area contributed by atoms with Crippen LogP contribution in [0.4, 0.5) is 0 Å². The van der Waals surface area contributed by atoms with Crippen LogP contribution in [0.15, 0.2) is 36.5 Å². The molecule has 1 aliphatic rings. The molecular formula is C17H17NO2. The summed E-state index contributed by atoms with van der Waals surface area (Å²) in [4.78, 5) is 16.5. The summed E-state index contributed by atoms with van der Waals surface area (Å²) in [6, 6.07) is 10.2. The Morgan fingerprint density at radius 2 is 2.15 bits per heavy atom. The summed E-state index contributed by atoms with van der Waals surface area (Å²) in [6.07, 6.45) is 2.63. The van der Waals surface area contributed by atoms with Crippen LogP contribution in [0.3, 0.4) is 0 Å². The van der Waals surface area contributed by atoms with Crippen LogP contribution in [-0.2, 0) is 16.0 Å². The average Bonchev–Trinajstić information content (AvgIpc) is 2.85. The van der Waals surface area contributed by atoms with Gasteiger partial charge in [0, 0.05) is 18.2 Å². The van der Waals surface area contributed by atoms with E-state index in [-0.39, 0.29) is 11.9 Å². The fraction of sp³-hybridized carbons (Fsp3) is 0.294. The van der Waals surface area contributed by atoms with Gasteiger partial charge in [0.05, 0.1) is 18.2 Å². The zero-order valence-electron chi connectivity index (χ0n) is 11.7. The molecule has 0 saturated carbocycles. The van der Waals surface area contributed by atoms with Gasteiger partial charge in [-0.3, -0.25) is 9.78 Å². The number of pyridine rings is 1. The molecule has 102 valence electrons. The second-order valence-electron chi connectivity index (χ2n) is 5.03. The lowest BCUT2D eigenvalue weighted by molar-refractivity contribution is -0.144. The van der Waals surface area contributed by atoms with Gasteiger partial charge < -0.3 is 4.74 Å². The largest absolute Gasteiger partial charge is 0.466 e. The number of hydrogen-bond donors (Lipinski definition) is 0. The summed E-state index contributed by atoms with van der Waals surface area (Å²) in [5.74, 6) is -0.419. The third-order valence-corrected chi connectivity index (χ3v) is 3.84. The van der Waals surface area contributed by atoms with Crippen molar-refractivity contribution in [1.29, 1.82) is 0 Å². The Kier molecular flexibility index (Phi) is 3.26. The van der Waals surface area contributed by atoms with E-state index >= 15 is 0 Å². The lowest BCUT2D eigenvalue weighted by atomic mass is 9.95. The van der Waals surface area contributed by atoms with Gasteiger partial charge in [-0.2, -0.15) is 0 Å². The molecule has 0 spiro atoms. The van der Waals surface area contributed by atoms with E-state index < -0.39 is 0 Å². The Bertz CT molecular complexity index is 664. The van der Waals surface area contributed by atoms with Gasteiger partial charge in [0.2, 0.25) is 0 Å². The average molecular weight is 267 g/mol. The second-order valence-corrected chi connectivity index (χ2v) is 5.03. The van der Waals surface area contributed by atoms with Crippen LogP contribution in [0, 0.1) is 0 Å². The van der Waals surface area contributed by atoms with Gasteiger partial charge in [0.1, 0.15) is 0 Å². The highest BCUT2D eigenvalue weighted by Gasteiger charge is 2.26. The number of fused-ring (bicyclic) bond motifs is 3. The molecular weight excluding hydrogens is 250 g/mol. The number of rotatable bonds is 3. The van der Waals surface area contributed by atoms with Crippen LogP contribution >= 0.6 is 0 Å². The molecule has 0 bridgehead atoms. The van der Waals surface area contributed by atoms with Gasteiger partial charge in [-0.1, -0.05) is 24.3 Å². The summed E-state index contributed by atoms with van der Waals surface area (Å²) in [5, 5.41) is 0. The zero-order chi connectivity index (χ0) is 14.1. The number of nitrogens with zero attached hydrogens (tertiary/aromatic N) is 1. The summed E-state index contributed by atoms with van der Waals surface area (Å²) in [6.45, 7) is 4.14. The van der Waals surface area contributed by atoms with Crippen molar-refractivity contribution >= 4 is 5.97 Å². The van der Waals surface area contributed by atoms with Crippen LogP contribution in [0.25, 0.3) is 11.3 Å². The smallest absolute Gasteiger partial charge is 0.313 e. The Morgan fingerprint density at radius 1 is 1.35 bits per heavy atom. The number of benzene rings is 1. The van der Waals surface area contributed by atoms with Crippen molar-refractivity contribution in [2.24, 2.45) is 0 Å². The summed E-state index contributed by atoms with van der Waals surface area (Å²) < 4.78 is 5.14. The molecule has 0 N–H and O–H groups in total. The van der Waals surface area contributed by atoms with Crippen molar-refractivity contribution in [2.75, 3.05) is 6.61 Å². The number of aromatic nitrogens is 1. The fourth-order valence-corrected chi connectivity index (χ4v) is 2.82. The Labute approximate surface area is 118 Å². The summed E-state index contributed by atoms with van der Waals surface area (Å²) >= 11 is 0. The lowest BCUT2D eigenvalue weighted by Crippen LogP contribution is -2.14. The molecule has 0 saturated heterocycles. The van der Waals surface area contributed by atoms with E-state index in [1.165, 1.54) is 11.1 Å². The summed E-state index contributed by atoms with van der Waals surface area (Å²) in [7, 11) is 0. The maximum absolute atomic E-state index is 12.0. The van der Waals surface area contributed by atoms with Gasteiger partial charge >= 0.3 is 5.97 Å². The fourth-order valence-electron chi connectivity index (χ4n) is 2.82. The number of carbonyl (C=O) groups excluding carboxylic acids is 1. The molecule has 1 atom stereocenters. The zero-order valence-corrected chi connectivity index (χ0v) is 11.7. The first-order valence-corrected chi connectivity index (χ1v) is 6.95. The third-order valence-electron chi connectivity index (χ3n) is 3.84. The SMILES string of the molecule is CCOC(=O)C(C)c1ccnc2c1Cc1ccccc1-2. The van der Waals surface area contributed by atoms with Crippen LogP contribution in [0.2, 0.25) is 0 Å². The minimum Gasteiger partial charge on any atom is -0.466 e. The first kappa shape index (κ1) is 12.9. The van der Waals surface area contributed by atoms with E-state index in [2.05, 4.69) is 17.1 Å². The second kappa shape index (κ2) is 5.08. The molecule has 1 aromatic carbocycles. The maximum atomic E-state index is 12.0. The normalized spacial score (nSPS) is 13.5. The highest BCUT2D eigenvalue weighted by molar-refractivity contribution is 5.81. The van der Waals surface area contributed by atoms with Crippen LogP contribution in [0.5, 0.6) is 0 Å². The van der Waals surface area contributed by atoms with Gasteiger partial charge in [-0.25, -0.2) is 0 Å². The monoisotopic (exact) mass is 267 g/mol. The Balaban J connectivity index is 2.03. The standard InChI is InChI=1S/C17H17NO2/c1-3-20-17(19)11(2)13-8-9-18-16-14-7-5-4-6-12(14)10-15(13)16/h4-9,11H,3,10H2,1-2H3. The van der Waals surface area contributed by atoms with Gasteiger partial charge in [0.25, 0.3) is 0 Å². The molecule has 0 fully saturated rings. The van der Waals surface area contributed by atoms with Crippen molar-refractivity contribution in [3.05, 3.63) is 53.2 Å². The highest BCUT2D eigenvalue weighted by Crippen LogP contribution is 2.38. The Hall–Kier alpha value is -2.16. The van der Waals surface area contributed by atoms with E-state index in [4.69, 9.17) is 4.74 Å². The molecule has 1 heterocycles. The molecule has 2 aromatic rings. The highest BCUT2D eigenvalue weighted by atomic mass is 16.5.